The van der Waals surface area contributed by atoms with Crippen LogP contribution in [0.3, 0.4) is 0 Å². The van der Waals surface area contributed by atoms with Gasteiger partial charge in [0.2, 0.25) is 0 Å². The molecule has 7 heteroatoms. The van der Waals surface area contributed by atoms with Gasteiger partial charge >= 0.3 is 5.97 Å². The number of nitro groups is 1. The number of fused-ring (bicyclic) bond motifs is 1. The smallest absolute Gasteiger partial charge is 0.338 e. The van der Waals surface area contributed by atoms with Gasteiger partial charge in [0.25, 0.3) is 11.6 Å². The number of amides is 1. The molecule has 1 aromatic carbocycles. The molecule has 3 rings (SSSR count). The largest absolute Gasteiger partial charge is 0.452 e. The fourth-order valence-electron chi connectivity index (χ4n) is 3.85. The molecular formula is C18H22N2O5. The van der Waals surface area contributed by atoms with Gasteiger partial charge in [-0.25, -0.2) is 4.79 Å². The molecule has 7 nitrogen and oxygen atoms in total. The monoisotopic (exact) mass is 346 g/mol. The third kappa shape index (κ3) is 4.15. The van der Waals surface area contributed by atoms with Crippen LogP contribution in [0, 0.1) is 22.0 Å². The van der Waals surface area contributed by atoms with Crippen LogP contribution in [0.5, 0.6) is 0 Å². The topological polar surface area (TPSA) is 89.8 Å². The van der Waals surface area contributed by atoms with E-state index in [4.69, 9.17) is 4.74 Å². The number of hydrogen-bond acceptors (Lipinski definition) is 5. The van der Waals surface area contributed by atoms with E-state index >= 15 is 0 Å². The van der Waals surface area contributed by atoms with Gasteiger partial charge in [0, 0.05) is 25.2 Å². The molecule has 2 aliphatic rings. The van der Waals surface area contributed by atoms with Gasteiger partial charge in [-0.05, 0) is 36.8 Å². The Hall–Kier alpha value is -2.44. The standard InChI is InChI=1S/C18H22N2O5/c21-17(19-10-9-13-3-1-2-4-15(13)11-19)12-25-18(22)14-5-7-16(8-6-14)20(23)24/h5-8,13,15H,1-4,9-12H2. The van der Waals surface area contributed by atoms with Crippen LogP contribution < -0.4 is 0 Å². The Labute approximate surface area is 146 Å². The molecule has 2 unspecified atom stereocenters. The Morgan fingerprint density at radius 3 is 2.48 bits per heavy atom. The number of benzene rings is 1. The molecule has 134 valence electrons. The van der Waals surface area contributed by atoms with Crippen molar-refractivity contribution in [2.24, 2.45) is 11.8 Å². The highest BCUT2D eigenvalue weighted by Gasteiger charge is 2.33. The number of carbonyl (C=O) groups excluding carboxylic acids is 2. The molecule has 2 fully saturated rings. The van der Waals surface area contributed by atoms with E-state index in [0.717, 1.165) is 25.4 Å². The Bertz CT molecular complexity index is 658. The Morgan fingerprint density at radius 2 is 1.80 bits per heavy atom. The first-order valence-electron chi connectivity index (χ1n) is 8.74. The highest BCUT2D eigenvalue weighted by atomic mass is 16.6. The van der Waals surface area contributed by atoms with Crippen LogP contribution in [0.1, 0.15) is 42.5 Å². The van der Waals surface area contributed by atoms with Crippen molar-refractivity contribution in [3.8, 4) is 0 Å². The molecule has 1 saturated carbocycles. The molecule has 1 amide bonds. The van der Waals surface area contributed by atoms with Crippen molar-refractivity contribution >= 4 is 17.6 Å². The summed E-state index contributed by atoms with van der Waals surface area (Å²) in [5, 5.41) is 10.6. The van der Waals surface area contributed by atoms with Gasteiger partial charge < -0.3 is 9.64 Å². The number of non-ortho nitro benzene ring substituents is 1. The third-order valence-electron chi connectivity index (χ3n) is 5.28. The fraction of sp³-hybridized carbons (Fsp3) is 0.556. The molecule has 1 aliphatic carbocycles. The van der Waals surface area contributed by atoms with Crippen LogP contribution in [0.4, 0.5) is 5.69 Å². The average Bonchev–Trinajstić information content (AvgIpc) is 2.65. The van der Waals surface area contributed by atoms with Crippen LogP contribution in [0.2, 0.25) is 0 Å². The van der Waals surface area contributed by atoms with Gasteiger partial charge in [-0.3, -0.25) is 14.9 Å². The van der Waals surface area contributed by atoms with E-state index in [-0.39, 0.29) is 23.8 Å². The molecule has 0 bridgehead atoms. The Balaban J connectivity index is 1.50. The zero-order valence-electron chi connectivity index (χ0n) is 14.1. The van der Waals surface area contributed by atoms with E-state index in [9.17, 15) is 19.7 Å². The second-order valence-corrected chi connectivity index (χ2v) is 6.81. The summed E-state index contributed by atoms with van der Waals surface area (Å²) in [6.45, 7) is 1.21. The van der Waals surface area contributed by atoms with Crippen molar-refractivity contribution in [3.05, 3.63) is 39.9 Å². The number of nitro benzene ring substituents is 1. The quantitative estimate of drug-likeness (QED) is 0.475. The molecule has 1 aromatic rings. The van der Waals surface area contributed by atoms with Crippen molar-refractivity contribution in [1.82, 2.24) is 4.90 Å². The molecule has 0 radical (unpaired) electrons. The maximum Gasteiger partial charge on any atom is 0.338 e. The zero-order valence-corrected chi connectivity index (χ0v) is 14.1. The lowest BCUT2D eigenvalue weighted by molar-refractivity contribution is -0.384. The molecule has 0 spiro atoms. The fourth-order valence-corrected chi connectivity index (χ4v) is 3.85. The van der Waals surface area contributed by atoms with Gasteiger partial charge in [-0.2, -0.15) is 0 Å². The van der Waals surface area contributed by atoms with Crippen LogP contribution in [-0.4, -0.2) is 41.4 Å². The first-order valence-corrected chi connectivity index (χ1v) is 8.74. The SMILES string of the molecule is O=C(OCC(=O)N1CCC2CCCCC2C1)c1ccc([N+](=O)[O-])cc1. The van der Waals surface area contributed by atoms with Crippen molar-refractivity contribution in [2.75, 3.05) is 19.7 Å². The lowest BCUT2D eigenvalue weighted by Crippen LogP contribution is -2.46. The van der Waals surface area contributed by atoms with E-state index in [1.807, 2.05) is 0 Å². The van der Waals surface area contributed by atoms with Gasteiger partial charge in [0.15, 0.2) is 6.61 Å². The zero-order chi connectivity index (χ0) is 17.8. The molecule has 25 heavy (non-hydrogen) atoms. The number of nitrogens with zero attached hydrogens (tertiary/aromatic N) is 2. The Kier molecular flexibility index (Phi) is 5.31. The minimum absolute atomic E-state index is 0.0945. The van der Waals surface area contributed by atoms with Gasteiger partial charge in [-0.15, -0.1) is 0 Å². The van der Waals surface area contributed by atoms with E-state index in [0.29, 0.717) is 5.92 Å². The lowest BCUT2D eigenvalue weighted by Gasteiger charge is -2.41. The van der Waals surface area contributed by atoms with Crippen LogP contribution in [-0.2, 0) is 9.53 Å². The summed E-state index contributed by atoms with van der Waals surface area (Å²) in [5.41, 5.74) is 0.104. The normalized spacial score (nSPS) is 22.8. The number of ether oxygens (including phenoxy) is 1. The predicted molar refractivity (Wildman–Crippen MR) is 90.0 cm³/mol. The average molecular weight is 346 g/mol. The second-order valence-electron chi connectivity index (χ2n) is 6.81. The summed E-state index contributed by atoms with van der Waals surface area (Å²) in [5.74, 6) is 0.507. The molecule has 2 atom stereocenters. The maximum atomic E-state index is 12.3. The summed E-state index contributed by atoms with van der Waals surface area (Å²) in [7, 11) is 0. The number of rotatable bonds is 4. The molecule has 1 saturated heterocycles. The van der Waals surface area contributed by atoms with Crippen molar-refractivity contribution in [1.29, 1.82) is 0 Å². The number of carbonyl (C=O) groups is 2. The van der Waals surface area contributed by atoms with E-state index in [2.05, 4.69) is 0 Å². The summed E-state index contributed by atoms with van der Waals surface area (Å²) >= 11 is 0. The van der Waals surface area contributed by atoms with E-state index in [1.165, 1.54) is 49.9 Å². The molecular weight excluding hydrogens is 324 g/mol. The van der Waals surface area contributed by atoms with E-state index in [1.54, 1.807) is 4.90 Å². The first-order chi connectivity index (χ1) is 12.0. The van der Waals surface area contributed by atoms with E-state index < -0.39 is 10.9 Å². The molecule has 0 aromatic heterocycles. The second kappa shape index (κ2) is 7.63. The summed E-state index contributed by atoms with van der Waals surface area (Å²) < 4.78 is 5.08. The number of piperidine rings is 1. The highest BCUT2D eigenvalue weighted by molar-refractivity contribution is 5.91. The van der Waals surface area contributed by atoms with Crippen molar-refractivity contribution in [2.45, 2.75) is 32.1 Å². The van der Waals surface area contributed by atoms with Crippen LogP contribution in [0.25, 0.3) is 0 Å². The first kappa shape index (κ1) is 17.4. The summed E-state index contributed by atoms with van der Waals surface area (Å²) in [6.07, 6.45) is 6.01. The van der Waals surface area contributed by atoms with Crippen LogP contribution in [0.15, 0.2) is 24.3 Å². The minimum Gasteiger partial charge on any atom is -0.452 e. The lowest BCUT2D eigenvalue weighted by atomic mass is 9.75. The van der Waals surface area contributed by atoms with Gasteiger partial charge in [-0.1, -0.05) is 19.3 Å². The van der Waals surface area contributed by atoms with Gasteiger partial charge in [0.1, 0.15) is 0 Å². The third-order valence-corrected chi connectivity index (χ3v) is 5.28. The number of likely N-dealkylation sites (tertiary alicyclic amines) is 1. The van der Waals surface area contributed by atoms with Crippen LogP contribution >= 0.6 is 0 Å². The predicted octanol–water partition coefficient (Wildman–Crippen LogP) is 2.79. The molecule has 0 N–H and O–H groups in total. The highest BCUT2D eigenvalue weighted by Crippen LogP contribution is 2.36. The number of hydrogen-bond donors (Lipinski definition) is 0. The number of esters is 1. The summed E-state index contributed by atoms with van der Waals surface area (Å²) in [6, 6.07) is 5.15. The Morgan fingerprint density at radius 1 is 1.12 bits per heavy atom. The summed E-state index contributed by atoms with van der Waals surface area (Å²) in [4.78, 5) is 36.2. The van der Waals surface area contributed by atoms with Gasteiger partial charge in [0.05, 0.1) is 10.5 Å². The maximum absolute atomic E-state index is 12.3. The molecule has 1 aliphatic heterocycles. The van der Waals surface area contributed by atoms with Crippen molar-refractivity contribution < 1.29 is 19.2 Å². The van der Waals surface area contributed by atoms with Crippen molar-refractivity contribution in [3.63, 3.8) is 0 Å². The molecule has 1 heterocycles. The minimum atomic E-state index is -0.643.